The van der Waals surface area contributed by atoms with Gasteiger partial charge < -0.3 is 29.7 Å². The lowest BCUT2D eigenvalue weighted by atomic mass is 9.85. The molecule has 14 heteroatoms. The predicted octanol–water partition coefficient (Wildman–Crippen LogP) is 7.40. The third kappa shape index (κ3) is 9.24. The molecule has 0 saturated carbocycles. The minimum atomic E-state index is -0.295. The van der Waals surface area contributed by atoms with Crippen molar-refractivity contribution in [2.45, 2.75) is 96.4 Å². The summed E-state index contributed by atoms with van der Waals surface area (Å²) in [7, 11) is 4.04. The van der Waals surface area contributed by atoms with Crippen LogP contribution in [0.25, 0.3) is 11.3 Å². The largest absolute Gasteiger partial charge is 0.492 e. The van der Waals surface area contributed by atoms with E-state index < -0.39 is 0 Å². The van der Waals surface area contributed by atoms with Crippen LogP contribution in [0.2, 0.25) is 0 Å². The van der Waals surface area contributed by atoms with E-state index in [4.69, 9.17) is 24.5 Å². The molecular weight excluding hydrogens is 711 g/mol. The van der Waals surface area contributed by atoms with E-state index in [9.17, 15) is 4.79 Å². The molecule has 2 unspecified atom stereocenters. The van der Waals surface area contributed by atoms with Crippen molar-refractivity contribution in [1.29, 1.82) is 0 Å². The quantitative estimate of drug-likeness (QED) is 0.123. The van der Waals surface area contributed by atoms with Crippen LogP contribution in [-0.2, 0) is 10.2 Å². The van der Waals surface area contributed by atoms with E-state index in [-0.39, 0.29) is 30.1 Å². The van der Waals surface area contributed by atoms with Crippen LogP contribution >= 0.6 is 0 Å². The fourth-order valence-corrected chi connectivity index (χ4v) is 7.50. The van der Waals surface area contributed by atoms with E-state index in [1.165, 1.54) is 6.42 Å². The van der Waals surface area contributed by atoms with Gasteiger partial charge in [-0.3, -0.25) is 14.5 Å². The molecule has 298 valence electrons. The summed E-state index contributed by atoms with van der Waals surface area (Å²) in [4.78, 5) is 26.6. The maximum atomic E-state index is 13.7. The number of hydrogen-bond acceptors (Lipinski definition) is 9. The average Bonchev–Trinajstić information content (AvgIpc) is 3.78. The number of aromatic nitrogens is 5. The fourth-order valence-electron chi connectivity index (χ4n) is 7.50. The molecule has 14 nitrogen and oxygen atoms in total. The van der Waals surface area contributed by atoms with Crippen molar-refractivity contribution < 1.29 is 24.2 Å². The molecule has 1 saturated heterocycles. The number of fused-ring (bicyclic) bond motifs is 2. The summed E-state index contributed by atoms with van der Waals surface area (Å²) in [6.45, 7) is 12.0. The number of piperidine rings is 1. The Kier molecular flexibility index (Phi) is 12.5. The normalized spacial score (nSPS) is 19.5. The standard InChI is InChI=1S/C41H53N9O3.CH2O2/c1-27-12-10-13-28(2)49(27)40-45-44-37-21-18-31(26-48(37)40)53-35-20-19-34(32-16-8-9-17-33(32)35)42-39(51)43-38-25-36(41(3,4)5)46-50(38)29-14-11-15-30(24-29)52-23-22-47(6)7;2-1-3/h8-9,11,14-18,21,24-28,34-35H,10,12-13,19-20,22-23H2,1-7H3,(H2,42,43,51);1H,(H,2,3)/t27?,28?,34-,35+;/m0./s1. The number of anilines is 2. The number of urea groups is 1. The summed E-state index contributed by atoms with van der Waals surface area (Å²) in [6.07, 6.45) is 6.82. The molecule has 56 heavy (non-hydrogen) atoms. The number of nitrogens with zero attached hydrogens (tertiary/aromatic N) is 7. The Hall–Kier alpha value is -5.63. The summed E-state index contributed by atoms with van der Waals surface area (Å²) in [5.74, 6) is 2.95. The zero-order valence-corrected chi connectivity index (χ0v) is 33.5. The lowest BCUT2D eigenvalue weighted by Gasteiger charge is -2.39. The van der Waals surface area contributed by atoms with Gasteiger partial charge in [0, 0.05) is 36.2 Å². The second kappa shape index (κ2) is 17.4. The SMILES string of the molecule is CC1CCCC(C)N1c1nnc2ccc(O[C@@H]3CC[C@H](NC(=O)Nc4cc(C(C)(C)C)nn4-c4cccc(OCCN(C)C)c4)c4ccccc43)cn12.O=CO. The number of carbonyl (C=O) groups is 2. The second-order valence-electron chi connectivity index (χ2n) is 15.9. The molecular formula is C42H55N9O5. The first-order chi connectivity index (χ1) is 26.9. The minimum Gasteiger partial charge on any atom is -0.492 e. The van der Waals surface area contributed by atoms with Crippen LogP contribution in [0.1, 0.15) is 95.7 Å². The molecule has 0 radical (unpaired) electrons. The van der Waals surface area contributed by atoms with Crippen LogP contribution in [0, 0.1) is 0 Å². The van der Waals surface area contributed by atoms with Crippen LogP contribution in [-0.4, -0.2) is 86.2 Å². The molecule has 4 heterocycles. The van der Waals surface area contributed by atoms with Crippen molar-refractivity contribution >= 4 is 29.9 Å². The molecule has 3 N–H and O–H groups in total. The van der Waals surface area contributed by atoms with Crippen molar-refractivity contribution in [3.8, 4) is 17.2 Å². The maximum Gasteiger partial charge on any atom is 0.320 e. The molecule has 4 atom stereocenters. The number of benzene rings is 2. The number of ether oxygens (including phenoxy) is 2. The Morgan fingerprint density at radius 3 is 2.39 bits per heavy atom. The number of amides is 2. The monoisotopic (exact) mass is 765 g/mol. The Morgan fingerprint density at radius 2 is 1.68 bits per heavy atom. The molecule has 7 rings (SSSR count). The third-order valence-corrected chi connectivity index (χ3v) is 10.4. The number of rotatable bonds is 10. The summed E-state index contributed by atoms with van der Waals surface area (Å²) in [6, 6.07) is 22.2. The van der Waals surface area contributed by atoms with Gasteiger partial charge in [0.15, 0.2) is 5.65 Å². The zero-order valence-electron chi connectivity index (χ0n) is 33.5. The molecule has 1 fully saturated rings. The molecule has 1 aliphatic carbocycles. The number of pyridine rings is 1. The van der Waals surface area contributed by atoms with Crippen LogP contribution < -0.4 is 25.0 Å². The van der Waals surface area contributed by atoms with Gasteiger partial charge in [-0.25, -0.2) is 9.48 Å². The number of likely N-dealkylation sites (N-methyl/N-ethyl adjacent to an activating group) is 1. The molecule has 2 amide bonds. The van der Waals surface area contributed by atoms with E-state index in [1.807, 2.05) is 74.9 Å². The summed E-state index contributed by atoms with van der Waals surface area (Å²) < 4.78 is 16.5. The van der Waals surface area contributed by atoms with Gasteiger partial charge in [0.2, 0.25) is 5.95 Å². The highest BCUT2D eigenvalue weighted by Crippen LogP contribution is 2.39. The van der Waals surface area contributed by atoms with Gasteiger partial charge >= 0.3 is 6.03 Å². The van der Waals surface area contributed by atoms with Gasteiger partial charge in [-0.2, -0.15) is 5.10 Å². The van der Waals surface area contributed by atoms with E-state index in [0.717, 1.165) is 77.8 Å². The molecule has 2 aromatic carbocycles. The van der Waals surface area contributed by atoms with E-state index in [1.54, 1.807) is 4.68 Å². The zero-order chi connectivity index (χ0) is 40.0. The molecule has 5 aromatic rings. The third-order valence-electron chi connectivity index (χ3n) is 10.4. The first-order valence-corrected chi connectivity index (χ1v) is 19.4. The Balaban J connectivity index is 0.00000172. The van der Waals surface area contributed by atoms with Gasteiger partial charge in [0.25, 0.3) is 6.47 Å². The van der Waals surface area contributed by atoms with Crippen LogP contribution in [0.4, 0.5) is 16.6 Å². The number of carboxylic acid groups (broad SMARTS) is 1. The van der Waals surface area contributed by atoms with Crippen molar-refractivity contribution in [1.82, 2.24) is 34.6 Å². The lowest BCUT2D eigenvalue weighted by Crippen LogP contribution is -2.44. The Bertz CT molecular complexity index is 2100. The van der Waals surface area contributed by atoms with Gasteiger partial charge in [0.05, 0.1) is 23.6 Å². The Morgan fingerprint density at radius 1 is 0.946 bits per heavy atom. The van der Waals surface area contributed by atoms with Gasteiger partial charge in [-0.15, -0.1) is 10.2 Å². The maximum absolute atomic E-state index is 13.7. The number of carbonyl (C=O) groups excluding carboxylic acids is 1. The van der Waals surface area contributed by atoms with E-state index in [0.29, 0.717) is 24.5 Å². The van der Waals surface area contributed by atoms with E-state index >= 15 is 0 Å². The molecule has 2 aliphatic rings. The lowest BCUT2D eigenvalue weighted by molar-refractivity contribution is -0.122. The average molecular weight is 766 g/mol. The first kappa shape index (κ1) is 40.0. The predicted molar refractivity (Wildman–Crippen MR) is 217 cm³/mol. The molecule has 1 aliphatic heterocycles. The number of hydrogen-bond donors (Lipinski definition) is 3. The summed E-state index contributed by atoms with van der Waals surface area (Å²) >= 11 is 0. The van der Waals surface area contributed by atoms with Gasteiger partial charge in [-0.05, 0) is 95.4 Å². The highest BCUT2D eigenvalue weighted by molar-refractivity contribution is 5.89. The minimum absolute atomic E-state index is 0.166. The van der Waals surface area contributed by atoms with Crippen molar-refractivity contribution in [2.24, 2.45) is 0 Å². The van der Waals surface area contributed by atoms with Crippen molar-refractivity contribution in [3.05, 3.63) is 89.7 Å². The van der Waals surface area contributed by atoms with Gasteiger partial charge in [0.1, 0.15) is 30.0 Å². The molecule has 0 spiro atoms. The van der Waals surface area contributed by atoms with Crippen molar-refractivity contribution in [3.63, 3.8) is 0 Å². The Labute approximate surface area is 328 Å². The summed E-state index contributed by atoms with van der Waals surface area (Å²) in [5.41, 5.74) is 4.36. The highest BCUT2D eigenvalue weighted by Gasteiger charge is 2.31. The first-order valence-electron chi connectivity index (χ1n) is 19.4. The molecule has 3 aromatic heterocycles. The highest BCUT2D eigenvalue weighted by atomic mass is 16.5. The number of nitrogens with one attached hydrogen (secondary N) is 2. The van der Waals surface area contributed by atoms with Gasteiger partial charge in [-0.1, -0.05) is 51.1 Å². The van der Waals surface area contributed by atoms with Crippen LogP contribution in [0.15, 0.2) is 72.9 Å². The fraction of sp³-hybridized carbons (Fsp3) is 0.452. The van der Waals surface area contributed by atoms with Crippen LogP contribution in [0.3, 0.4) is 0 Å². The molecule has 0 bridgehead atoms. The van der Waals surface area contributed by atoms with Crippen molar-refractivity contribution in [2.75, 3.05) is 37.5 Å². The topological polar surface area (TPSA) is 151 Å². The van der Waals surface area contributed by atoms with E-state index in [2.05, 4.69) is 81.8 Å². The smallest absolute Gasteiger partial charge is 0.320 e. The second-order valence-corrected chi connectivity index (χ2v) is 15.9. The summed E-state index contributed by atoms with van der Waals surface area (Å²) in [5, 5.41) is 27.2. The van der Waals surface area contributed by atoms with Crippen LogP contribution in [0.5, 0.6) is 11.5 Å².